The second kappa shape index (κ2) is 4.26. The monoisotopic (exact) mass is 174 g/mol. The van der Waals surface area contributed by atoms with E-state index in [2.05, 4.69) is 6.58 Å². The number of aliphatic carboxylic acids is 1. The minimum atomic E-state index is -0.959. The van der Waals surface area contributed by atoms with Crippen LogP contribution < -0.4 is 0 Å². The van der Waals surface area contributed by atoms with Crippen LogP contribution in [0.5, 0.6) is 0 Å². The van der Waals surface area contributed by atoms with Crippen molar-refractivity contribution in [3.8, 4) is 0 Å². The molecular weight excluding hydrogens is 164 g/mol. The van der Waals surface area contributed by atoms with Crippen LogP contribution in [0.4, 0.5) is 0 Å². The zero-order valence-electron chi connectivity index (χ0n) is 7.10. The lowest BCUT2D eigenvalue weighted by molar-refractivity contribution is -0.132. The van der Waals surface area contributed by atoms with Crippen molar-refractivity contribution < 1.29 is 9.90 Å². The lowest BCUT2D eigenvalue weighted by Gasteiger charge is -1.94. The zero-order chi connectivity index (χ0) is 9.68. The van der Waals surface area contributed by atoms with Gasteiger partial charge in [0.25, 0.3) is 0 Å². The van der Waals surface area contributed by atoms with Gasteiger partial charge in [0.1, 0.15) is 0 Å². The second-order valence-electron chi connectivity index (χ2n) is 2.52. The highest BCUT2D eigenvalue weighted by Crippen LogP contribution is 2.06. The van der Waals surface area contributed by atoms with Crippen LogP contribution in [0.25, 0.3) is 6.08 Å². The highest BCUT2D eigenvalue weighted by atomic mass is 16.4. The van der Waals surface area contributed by atoms with E-state index in [1.54, 1.807) is 6.08 Å². The quantitative estimate of drug-likeness (QED) is 0.564. The van der Waals surface area contributed by atoms with Gasteiger partial charge in [-0.25, -0.2) is 4.79 Å². The van der Waals surface area contributed by atoms with Gasteiger partial charge in [0.15, 0.2) is 0 Å². The maximum absolute atomic E-state index is 10.6. The van der Waals surface area contributed by atoms with Gasteiger partial charge in [-0.3, -0.25) is 0 Å². The van der Waals surface area contributed by atoms with E-state index in [9.17, 15) is 4.79 Å². The minimum Gasteiger partial charge on any atom is -0.478 e. The first-order chi connectivity index (χ1) is 6.24. The molecule has 0 atom stereocenters. The molecule has 0 heterocycles. The van der Waals surface area contributed by atoms with Gasteiger partial charge in [-0.1, -0.05) is 43.0 Å². The van der Waals surface area contributed by atoms with Crippen LogP contribution in [-0.2, 0) is 4.79 Å². The molecule has 13 heavy (non-hydrogen) atoms. The molecule has 0 aromatic heterocycles. The molecule has 0 aliphatic rings. The summed E-state index contributed by atoms with van der Waals surface area (Å²) < 4.78 is 0. The van der Waals surface area contributed by atoms with Crippen molar-refractivity contribution >= 4 is 12.0 Å². The maximum Gasteiger partial charge on any atom is 0.335 e. The van der Waals surface area contributed by atoms with Crippen LogP contribution in [0.3, 0.4) is 0 Å². The van der Waals surface area contributed by atoms with Crippen LogP contribution in [-0.4, -0.2) is 11.1 Å². The zero-order valence-corrected chi connectivity index (χ0v) is 7.10. The fraction of sp³-hybridized carbons (Fsp3) is 0. The first-order valence-corrected chi connectivity index (χ1v) is 3.86. The molecule has 2 heteroatoms. The first kappa shape index (κ1) is 9.26. The molecule has 0 bridgehead atoms. The molecule has 1 aromatic carbocycles. The van der Waals surface area contributed by atoms with E-state index >= 15 is 0 Å². The SMILES string of the molecule is C=C/C(=C\c1ccccc1)C(=O)O. The second-order valence-corrected chi connectivity index (χ2v) is 2.52. The van der Waals surface area contributed by atoms with Crippen LogP contribution in [0, 0.1) is 0 Å². The molecule has 0 saturated heterocycles. The van der Waals surface area contributed by atoms with Crippen LogP contribution in [0.2, 0.25) is 0 Å². The highest BCUT2D eigenvalue weighted by molar-refractivity contribution is 5.95. The van der Waals surface area contributed by atoms with Gasteiger partial charge in [0.2, 0.25) is 0 Å². The molecule has 0 aliphatic carbocycles. The largest absolute Gasteiger partial charge is 0.478 e. The topological polar surface area (TPSA) is 37.3 Å². The number of carboxylic acids is 1. The number of rotatable bonds is 3. The summed E-state index contributed by atoms with van der Waals surface area (Å²) in [6, 6.07) is 9.27. The summed E-state index contributed by atoms with van der Waals surface area (Å²) in [7, 11) is 0. The predicted molar refractivity (Wildman–Crippen MR) is 52.3 cm³/mol. The average Bonchev–Trinajstić information content (AvgIpc) is 2.15. The van der Waals surface area contributed by atoms with Crippen molar-refractivity contribution in [3.63, 3.8) is 0 Å². The molecule has 0 radical (unpaired) electrons. The van der Waals surface area contributed by atoms with Crippen LogP contribution in [0.1, 0.15) is 5.56 Å². The summed E-state index contributed by atoms with van der Waals surface area (Å²) in [5.74, 6) is -0.959. The van der Waals surface area contributed by atoms with Gasteiger partial charge >= 0.3 is 5.97 Å². The fourth-order valence-corrected chi connectivity index (χ4v) is 0.937. The number of hydrogen-bond acceptors (Lipinski definition) is 1. The lowest BCUT2D eigenvalue weighted by Crippen LogP contribution is -1.96. The molecule has 0 amide bonds. The molecule has 2 nitrogen and oxygen atoms in total. The minimum absolute atomic E-state index is 0.200. The molecule has 0 unspecified atom stereocenters. The number of benzene rings is 1. The lowest BCUT2D eigenvalue weighted by atomic mass is 10.1. The number of carbonyl (C=O) groups is 1. The van der Waals surface area contributed by atoms with Crippen molar-refractivity contribution in [1.82, 2.24) is 0 Å². The van der Waals surface area contributed by atoms with Crippen LogP contribution in [0.15, 0.2) is 48.6 Å². The molecular formula is C11H10O2. The van der Waals surface area contributed by atoms with E-state index in [0.29, 0.717) is 0 Å². The van der Waals surface area contributed by atoms with Gasteiger partial charge in [-0.15, -0.1) is 0 Å². The van der Waals surface area contributed by atoms with Gasteiger partial charge in [0.05, 0.1) is 5.57 Å². The summed E-state index contributed by atoms with van der Waals surface area (Å²) >= 11 is 0. The van der Waals surface area contributed by atoms with Crippen molar-refractivity contribution in [2.24, 2.45) is 0 Å². The van der Waals surface area contributed by atoms with E-state index in [-0.39, 0.29) is 5.57 Å². The Balaban J connectivity index is 2.98. The summed E-state index contributed by atoms with van der Waals surface area (Å²) in [5.41, 5.74) is 1.06. The molecule has 0 fully saturated rings. The van der Waals surface area contributed by atoms with Crippen molar-refractivity contribution in [3.05, 3.63) is 54.1 Å². The Hall–Kier alpha value is -1.83. The normalized spacial score (nSPS) is 10.9. The Morgan fingerprint density at radius 3 is 2.38 bits per heavy atom. The summed E-state index contributed by atoms with van der Waals surface area (Å²) in [6.07, 6.45) is 2.91. The predicted octanol–water partition coefficient (Wildman–Crippen LogP) is 2.34. The van der Waals surface area contributed by atoms with Gasteiger partial charge in [-0.2, -0.15) is 0 Å². The van der Waals surface area contributed by atoms with Gasteiger partial charge in [0, 0.05) is 0 Å². The van der Waals surface area contributed by atoms with Gasteiger partial charge < -0.3 is 5.11 Å². The Bertz CT molecular complexity index is 336. The molecule has 0 saturated carbocycles. The smallest absolute Gasteiger partial charge is 0.335 e. The average molecular weight is 174 g/mol. The molecule has 1 N–H and O–H groups in total. The maximum atomic E-state index is 10.6. The summed E-state index contributed by atoms with van der Waals surface area (Å²) in [5, 5.41) is 8.70. The highest BCUT2D eigenvalue weighted by Gasteiger charge is 2.00. The number of hydrogen-bond donors (Lipinski definition) is 1. The molecule has 0 aliphatic heterocycles. The number of carboxylic acid groups (broad SMARTS) is 1. The van der Waals surface area contributed by atoms with E-state index < -0.39 is 5.97 Å². The Kier molecular flexibility index (Phi) is 3.03. The van der Waals surface area contributed by atoms with Crippen molar-refractivity contribution in [2.75, 3.05) is 0 Å². The van der Waals surface area contributed by atoms with Crippen LogP contribution >= 0.6 is 0 Å². The third-order valence-electron chi connectivity index (χ3n) is 1.59. The Labute approximate surface area is 76.8 Å². The van der Waals surface area contributed by atoms with E-state index in [4.69, 9.17) is 5.11 Å². The summed E-state index contributed by atoms with van der Waals surface area (Å²) in [6.45, 7) is 3.43. The Morgan fingerprint density at radius 2 is 1.92 bits per heavy atom. The molecule has 66 valence electrons. The fourth-order valence-electron chi connectivity index (χ4n) is 0.937. The van der Waals surface area contributed by atoms with Crippen molar-refractivity contribution in [1.29, 1.82) is 0 Å². The van der Waals surface area contributed by atoms with E-state index in [1.165, 1.54) is 6.08 Å². The Morgan fingerprint density at radius 1 is 1.31 bits per heavy atom. The van der Waals surface area contributed by atoms with E-state index in [1.807, 2.05) is 30.3 Å². The summed E-state index contributed by atoms with van der Waals surface area (Å²) in [4.78, 5) is 10.6. The standard InChI is InChI=1S/C11H10O2/c1-2-10(11(12)13)8-9-6-4-3-5-7-9/h2-8H,1H2,(H,12,13)/b10-8+. The third-order valence-corrected chi connectivity index (χ3v) is 1.59. The van der Waals surface area contributed by atoms with Crippen molar-refractivity contribution in [2.45, 2.75) is 0 Å². The first-order valence-electron chi connectivity index (χ1n) is 3.86. The molecule has 0 spiro atoms. The van der Waals surface area contributed by atoms with Gasteiger partial charge in [-0.05, 0) is 11.6 Å². The molecule has 1 rings (SSSR count). The third kappa shape index (κ3) is 2.60. The van der Waals surface area contributed by atoms with E-state index in [0.717, 1.165) is 5.56 Å². The molecule has 1 aromatic rings.